The van der Waals surface area contributed by atoms with Crippen molar-refractivity contribution in [2.24, 2.45) is 10.4 Å². The van der Waals surface area contributed by atoms with Crippen molar-refractivity contribution < 1.29 is 13.6 Å². The molecule has 1 aromatic heterocycles. The highest BCUT2D eigenvalue weighted by Crippen LogP contribution is 2.39. The summed E-state index contributed by atoms with van der Waals surface area (Å²) >= 11 is 0. The molecule has 9 nitrogen and oxygen atoms in total. The zero-order chi connectivity index (χ0) is 27.9. The van der Waals surface area contributed by atoms with Gasteiger partial charge in [-0.25, -0.2) is 23.2 Å². The number of hydrogen-bond donors (Lipinski definition) is 3. The fourth-order valence-electron chi connectivity index (χ4n) is 4.22. The van der Waals surface area contributed by atoms with E-state index in [1.807, 2.05) is 25.7 Å². The van der Waals surface area contributed by atoms with Crippen LogP contribution in [0.25, 0.3) is 11.3 Å². The Morgan fingerprint density at radius 1 is 1.13 bits per heavy atom. The van der Waals surface area contributed by atoms with E-state index in [0.717, 1.165) is 24.2 Å². The normalized spacial score (nSPS) is 15.3. The number of nitrogens with one attached hydrogen (secondary N) is 2. The Balaban J connectivity index is 1.35. The van der Waals surface area contributed by atoms with Gasteiger partial charge < -0.3 is 16.0 Å². The van der Waals surface area contributed by atoms with Crippen LogP contribution >= 0.6 is 0 Å². The Morgan fingerprint density at radius 2 is 1.85 bits per heavy atom. The first kappa shape index (κ1) is 25.9. The summed E-state index contributed by atoms with van der Waals surface area (Å²) < 4.78 is 30.1. The Labute approximate surface area is 224 Å². The van der Waals surface area contributed by atoms with E-state index in [-0.39, 0.29) is 40.2 Å². The Morgan fingerprint density at radius 3 is 2.46 bits per heavy atom. The number of benzene rings is 2. The highest BCUT2D eigenvalue weighted by atomic mass is 19.1. The first-order valence-electron chi connectivity index (χ1n) is 12.5. The number of carbonyl (C=O) groups is 1. The highest BCUT2D eigenvalue weighted by molar-refractivity contribution is 5.97. The van der Waals surface area contributed by atoms with E-state index in [4.69, 9.17) is 5.73 Å². The number of rotatable bonds is 5. The molecule has 3 aromatic rings. The van der Waals surface area contributed by atoms with E-state index in [1.54, 1.807) is 29.1 Å². The molecule has 11 heteroatoms. The maximum Gasteiger partial charge on any atom is 0.324 e. The predicted molar refractivity (Wildman–Crippen MR) is 146 cm³/mol. The lowest BCUT2D eigenvalue weighted by atomic mass is 9.89. The van der Waals surface area contributed by atoms with E-state index in [2.05, 4.69) is 26.8 Å². The number of halogens is 2. The molecule has 1 fully saturated rings. The van der Waals surface area contributed by atoms with Crippen LogP contribution in [0.2, 0.25) is 0 Å². The number of aromatic nitrogens is 2. The van der Waals surface area contributed by atoms with E-state index in [0.29, 0.717) is 17.8 Å². The Bertz CT molecular complexity index is 1540. The SMILES string of the molecule is CC(C)(C)C1=NC(NC(=O)Nc2ccc(-c3nn(C4CC4)c(N)c3C#N)cc2F)=CN(c2ccc(F)cc2)C1. The number of carbonyl (C=O) groups excluding carboxylic acids is 1. The molecule has 2 aliphatic rings. The van der Waals surface area contributed by atoms with Crippen LogP contribution in [0.1, 0.15) is 45.2 Å². The number of nitrogens with zero attached hydrogens (tertiary/aromatic N) is 5. The minimum Gasteiger partial charge on any atom is -0.383 e. The van der Waals surface area contributed by atoms with Crippen LogP contribution in [0.15, 0.2) is 59.5 Å². The lowest BCUT2D eigenvalue weighted by molar-refractivity contribution is 0.254. The van der Waals surface area contributed by atoms with Gasteiger partial charge in [-0.3, -0.25) is 5.32 Å². The second-order valence-corrected chi connectivity index (χ2v) is 10.6. The second-order valence-electron chi connectivity index (χ2n) is 10.6. The third kappa shape index (κ3) is 5.45. The van der Waals surface area contributed by atoms with Crippen LogP contribution in [0.5, 0.6) is 0 Å². The van der Waals surface area contributed by atoms with Crippen LogP contribution < -0.4 is 21.3 Å². The zero-order valence-corrected chi connectivity index (χ0v) is 21.8. The van der Waals surface area contributed by atoms with Crippen molar-refractivity contribution in [3.8, 4) is 17.3 Å². The molecule has 0 unspecified atom stereocenters. The average Bonchev–Trinajstić information content (AvgIpc) is 3.67. The maximum atomic E-state index is 15.1. The maximum absolute atomic E-state index is 15.1. The number of amides is 2. The van der Waals surface area contributed by atoms with Gasteiger partial charge in [-0.15, -0.1) is 0 Å². The largest absolute Gasteiger partial charge is 0.383 e. The van der Waals surface area contributed by atoms with Crippen LogP contribution in [0, 0.1) is 28.4 Å². The van der Waals surface area contributed by atoms with Crippen LogP contribution in [0.4, 0.5) is 30.8 Å². The molecular weight excluding hydrogens is 502 g/mol. The van der Waals surface area contributed by atoms with Gasteiger partial charge in [0.05, 0.1) is 18.3 Å². The van der Waals surface area contributed by atoms with Crippen molar-refractivity contribution in [1.29, 1.82) is 5.26 Å². The van der Waals surface area contributed by atoms with Crippen molar-refractivity contribution in [3.63, 3.8) is 0 Å². The van der Waals surface area contributed by atoms with Crippen LogP contribution in [0.3, 0.4) is 0 Å². The number of hydrogen-bond acceptors (Lipinski definition) is 6. The molecule has 0 bridgehead atoms. The van der Waals surface area contributed by atoms with Crippen LogP contribution in [-0.2, 0) is 0 Å². The molecule has 2 heterocycles. The van der Waals surface area contributed by atoms with Crippen molar-refractivity contribution in [2.75, 3.05) is 22.5 Å². The first-order valence-corrected chi connectivity index (χ1v) is 12.5. The summed E-state index contributed by atoms with van der Waals surface area (Å²) in [5, 5.41) is 19.2. The lowest BCUT2D eigenvalue weighted by Crippen LogP contribution is -2.39. The molecule has 200 valence electrons. The van der Waals surface area contributed by atoms with E-state index < -0.39 is 11.8 Å². The van der Waals surface area contributed by atoms with Gasteiger partial charge in [0.15, 0.2) is 0 Å². The Hall–Kier alpha value is -4.72. The molecular formula is C28H28F2N8O. The number of nitriles is 1. The molecule has 39 heavy (non-hydrogen) atoms. The summed E-state index contributed by atoms with van der Waals surface area (Å²) in [4.78, 5) is 19.3. The molecule has 1 saturated carbocycles. The van der Waals surface area contributed by atoms with Crippen molar-refractivity contribution in [3.05, 3.63) is 71.7 Å². The second kappa shape index (κ2) is 9.87. The van der Waals surface area contributed by atoms with Gasteiger partial charge in [0.2, 0.25) is 0 Å². The fraction of sp³-hybridized carbons (Fsp3) is 0.286. The standard InChI is InChI=1S/C28H28F2N8O/c1-28(2,3)23-14-37(18-7-5-17(29)6-8-18)15-24(34-23)35-27(39)33-22-11-4-16(12-21(22)30)25-20(13-31)26(32)38(36-25)19-9-10-19/h4-8,11-12,15,19H,9-10,14,32H2,1-3H3,(H2,33,35,39). The van der Waals surface area contributed by atoms with E-state index >= 15 is 4.39 Å². The van der Waals surface area contributed by atoms with Crippen LogP contribution in [-0.4, -0.2) is 28.1 Å². The molecule has 1 aliphatic carbocycles. The average molecular weight is 531 g/mol. The summed E-state index contributed by atoms with van der Waals surface area (Å²) in [6.07, 6.45) is 3.51. The first-order chi connectivity index (χ1) is 18.5. The molecule has 0 radical (unpaired) electrons. The molecule has 0 saturated heterocycles. The summed E-state index contributed by atoms with van der Waals surface area (Å²) in [5.41, 5.74) is 8.15. The molecule has 5 rings (SSSR count). The minimum absolute atomic E-state index is 0.0591. The smallest absolute Gasteiger partial charge is 0.324 e. The molecule has 2 aromatic carbocycles. The van der Waals surface area contributed by atoms with Gasteiger partial charge in [-0.1, -0.05) is 26.8 Å². The Kier molecular flexibility index (Phi) is 6.56. The van der Waals surface area contributed by atoms with E-state index in [9.17, 15) is 14.4 Å². The highest BCUT2D eigenvalue weighted by Gasteiger charge is 2.30. The number of anilines is 3. The van der Waals surface area contributed by atoms with Crippen molar-refractivity contribution in [2.45, 2.75) is 39.7 Å². The number of urea groups is 1. The molecule has 4 N–H and O–H groups in total. The van der Waals surface area contributed by atoms with Gasteiger partial charge >= 0.3 is 6.03 Å². The predicted octanol–water partition coefficient (Wildman–Crippen LogP) is 5.54. The monoisotopic (exact) mass is 530 g/mol. The zero-order valence-electron chi connectivity index (χ0n) is 21.8. The minimum atomic E-state index is -0.699. The van der Waals surface area contributed by atoms with Crippen molar-refractivity contribution >= 4 is 28.9 Å². The lowest BCUT2D eigenvalue weighted by Gasteiger charge is -2.32. The van der Waals surface area contributed by atoms with Gasteiger partial charge in [0.1, 0.15) is 40.6 Å². The van der Waals surface area contributed by atoms with Gasteiger partial charge in [0.25, 0.3) is 0 Å². The third-order valence-corrected chi connectivity index (χ3v) is 6.56. The van der Waals surface area contributed by atoms with Gasteiger partial charge in [0, 0.05) is 28.6 Å². The summed E-state index contributed by atoms with van der Waals surface area (Å²) in [7, 11) is 0. The van der Waals surface area contributed by atoms with Crippen molar-refractivity contribution in [1.82, 2.24) is 15.1 Å². The van der Waals surface area contributed by atoms with Gasteiger partial charge in [-0.05, 0) is 49.2 Å². The number of nitrogens with two attached hydrogens (primary N) is 1. The number of nitrogen functional groups attached to an aromatic ring is 1. The number of aliphatic imine (C=N–C) groups is 1. The summed E-state index contributed by atoms with van der Waals surface area (Å²) in [5.74, 6) is -0.526. The van der Waals surface area contributed by atoms with E-state index in [1.165, 1.54) is 24.3 Å². The van der Waals surface area contributed by atoms with Gasteiger partial charge in [-0.2, -0.15) is 10.4 Å². The fourth-order valence-corrected chi connectivity index (χ4v) is 4.22. The topological polar surface area (TPSA) is 124 Å². The molecule has 0 spiro atoms. The summed E-state index contributed by atoms with van der Waals surface area (Å²) in [6.45, 7) is 6.48. The molecule has 0 atom stereocenters. The molecule has 2 amide bonds. The quantitative estimate of drug-likeness (QED) is 0.399. The third-order valence-electron chi connectivity index (χ3n) is 6.56. The molecule has 1 aliphatic heterocycles. The summed E-state index contributed by atoms with van der Waals surface area (Å²) in [6, 6.07) is 11.7.